The number of para-hydroxylation sites is 1. The SMILES string of the molecule is CS(=O)(=O)CCC(N)C1COc2ccccc2C1. The Morgan fingerprint density at radius 2 is 2.17 bits per heavy atom. The highest BCUT2D eigenvalue weighted by Crippen LogP contribution is 2.28. The van der Waals surface area contributed by atoms with Gasteiger partial charge in [0, 0.05) is 18.2 Å². The molecule has 1 aromatic rings. The fraction of sp³-hybridized carbons (Fsp3) is 0.538. The molecule has 1 aliphatic rings. The van der Waals surface area contributed by atoms with Gasteiger partial charge in [-0.1, -0.05) is 18.2 Å². The summed E-state index contributed by atoms with van der Waals surface area (Å²) < 4.78 is 27.9. The van der Waals surface area contributed by atoms with Crippen LogP contribution >= 0.6 is 0 Å². The Hall–Kier alpha value is -1.07. The van der Waals surface area contributed by atoms with Crippen LogP contribution in [0.15, 0.2) is 24.3 Å². The number of sulfone groups is 1. The lowest BCUT2D eigenvalue weighted by atomic mass is 9.90. The van der Waals surface area contributed by atoms with Gasteiger partial charge in [-0.05, 0) is 24.5 Å². The van der Waals surface area contributed by atoms with Crippen molar-refractivity contribution in [1.82, 2.24) is 0 Å². The predicted octanol–water partition coefficient (Wildman–Crippen LogP) is 1.000. The van der Waals surface area contributed by atoms with Crippen LogP contribution in [0.2, 0.25) is 0 Å². The molecular weight excluding hydrogens is 250 g/mol. The summed E-state index contributed by atoms with van der Waals surface area (Å²) in [6, 6.07) is 7.78. The number of fused-ring (bicyclic) bond motifs is 1. The van der Waals surface area contributed by atoms with Gasteiger partial charge < -0.3 is 10.5 Å². The van der Waals surface area contributed by atoms with Crippen molar-refractivity contribution in [2.75, 3.05) is 18.6 Å². The quantitative estimate of drug-likeness (QED) is 0.885. The summed E-state index contributed by atoms with van der Waals surface area (Å²) in [5.74, 6) is 1.26. The van der Waals surface area contributed by atoms with E-state index in [9.17, 15) is 8.42 Å². The number of hydrogen-bond acceptors (Lipinski definition) is 4. The maximum absolute atomic E-state index is 11.1. The lowest BCUT2D eigenvalue weighted by molar-refractivity contribution is 0.197. The molecule has 2 atom stereocenters. The van der Waals surface area contributed by atoms with Crippen molar-refractivity contribution < 1.29 is 13.2 Å². The molecule has 0 amide bonds. The van der Waals surface area contributed by atoms with Gasteiger partial charge in [0.05, 0.1) is 12.4 Å². The Morgan fingerprint density at radius 1 is 1.44 bits per heavy atom. The van der Waals surface area contributed by atoms with E-state index < -0.39 is 9.84 Å². The van der Waals surface area contributed by atoms with Crippen LogP contribution in [0.5, 0.6) is 5.75 Å². The highest BCUT2D eigenvalue weighted by atomic mass is 32.2. The van der Waals surface area contributed by atoms with Gasteiger partial charge >= 0.3 is 0 Å². The minimum absolute atomic E-state index is 0.131. The molecule has 2 rings (SSSR count). The van der Waals surface area contributed by atoms with Crippen LogP contribution in [0.1, 0.15) is 12.0 Å². The topological polar surface area (TPSA) is 69.4 Å². The van der Waals surface area contributed by atoms with Gasteiger partial charge in [-0.3, -0.25) is 0 Å². The molecule has 100 valence electrons. The largest absolute Gasteiger partial charge is 0.493 e. The maximum atomic E-state index is 11.1. The van der Waals surface area contributed by atoms with E-state index in [1.807, 2.05) is 24.3 Å². The van der Waals surface area contributed by atoms with Crippen molar-refractivity contribution >= 4 is 9.84 Å². The predicted molar refractivity (Wildman–Crippen MR) is 71.4 cm³/mol. The van der Waals surface area contributed by atoms with Gasteiger partial charge in [0.1, 0.15) is 15.6 Å². The van der Waals surface area contributed by atoms with E-state index in [-0.39, 0.29) is 17.7 Å². The first-order chi connectivity index (χ1) is 8.46. The van der Waals surface area contributed by atoms with E-state index in [2.05, 4.69) is 0 Å². The molecule has 5 heteroatoms. The Labute approximate surface area is 108 Å². The van der Waals surface area contributed by atoms with Crippen molar-refractivity contribution in [3.05, 3.63) is 29.8 Å². The molecule has 1 aliphatic heterocycles. The molecule has 1 aromatic carbocycles. The summed E-state index contributed by atoms with van der Waals surface area (Å²) in [5, 5.41) is 0. The van der Waals surface area contributed by atoms with Crippen molar-refractivity contribution in [1.29, 1.82) is 0 Å². The maximum Gasteiger partial charge on any atom is 0.147 e. The van der Waals surface area contributed by atoms with Crippen LogP contribution in [-0.2, 0) is 16.3 Å². The molecule has 0 saturated heterocycles. The normalized spacial score (nSPS) is 20.9. The molecule has 0 saturated carbocycles. The number of hydrogen-bond donors (Lipinski definition) is 1. The van der Waals surface area contributed by atoms with Crippen molar-refractivity contribution in [3.63, 3.8) is 0 Å². The zero-order valence-corrected chi connectivity index (χ0v) is 11.3. The van der Waals surface area contributed by atoms with Gasteiger partial charge in [0.2, 0.25) is 0 Å². The van der Waals surface area contributed by atoms with E-state index in [0.29, 0.717) is 13.0 Å². The zero-order valence-electron chi connectivity index (χ0n) is 10.5. The fourth-order valence-electron chi connectivity index (χ4n) is 2.21. The van der Waals surface area contributed by atoms with E-state index in [1.165, 1.54) is 6.26 Å². The van der Waals surface area contributed by atoms with Gasteiger partial charge in [0.15, 0.2) is 0 Å². The average molecular weight is 269 g/mol. The fourth-order valence-corrected chi connectivity index (χ4v) is 2.91. The first-order valence-corrected chi connectivity index (χ1v) is 8.16. The van der Waals surface area contributed by atoms with E-state index in [1.54, 1.807) is 0 Å². The Kier molecular flexibility index (Phi) is 3.92. The molecule has 18 heavy (non-hydrogen) atoms. The van der Waals surface area contributed by atoms with E-state index in [4.69, 9.17) is 10.5 Å². The molecule has 0 aliphatic carbocycles. The first-order valence-electron chi connectivity index (χ1n) is 6.10. The Morgan fingerprint density at radius 3 is 2.89 bits per heavy atom. The summed E-state index contributed by atoms with van der Waals surface area (Å²) in [5.41, 5.74) is 7.22. The molecule has 0 radical (unpaired) electrons. The molecule has 2 unspecified atom stereocenters. The molecule has 0 spiro atoms. The molecular formula is C13H19NO3S. The third-order valence-electron chi connectivity index (χ3n) is 3.34. The molecule has 4 nitrogen and oxygen atoms in total. The highest BCUT2D eigenvalue weighted by molar-refractivity contribution is 7.90. The van der Waals surface area contributed by atoms with Crippen LogP contribution in [0, 0.1) is 5.92 Å². The highest BCUT2D eigenvalue weighted by Gasteiger charge is 2.25. The van der Waals surface area contributed by atoms with E-state index in [0.717, 1.165) is 17.7 Å². The number of benzene rings is 1. The van der Waals surface area contributed by atoms with Crippen LogP contribution in [0.3, 0.4) is 0 Å². The van der Waals surface area contributed by atoms with Crippen molar-refractivity contribution in [3.8, 4) is 5.75 Å². The lowest BCUT2D eigenvalue weighted by Gasteiger charge is -2.29. The van der Waals surface area contributed by atoms with Crippen molar-refractivity contribution in [2.45, 2.75) is 18.9 Å². The summed E-state index contributed by atoms with van der Waals surface area (Å²) in [6.45, 7) is 0.571. The summed E-state index contributed by atoms with van der Waals surface area (Å²) in [7, 11) is -2.94. The summed E-state index contributed by atoms with van der Waals surface area (Å²) in [4.78, 5) is 0. The van der Waals surface area contributed by atoms with Crippen molar-refractivity contribution in [2.24, 2.45) is 11.7 Å². The van der Waals surface area contributed by atoms with Gasteiger partial charge in [-0.2, -0.15) is 0 Å². The molecule has 0 bridgehead atoms. The standard InChI is InChI=1S/C13H19NO3S/c1-18(15,16)7-6-12(14)11-8-10-4-2-3-5-13(10)17-9-11/h2-5,11-12H,6-9,14H2,1H3. The minimum Gasteiger partial charge on any atom is -0.493 e. The second-order valence-electron chi connectivity index (χ2n) is 4.97. The van der Waals surface area contributed by atoms with Crippen LogP contribution in [-0.4, -0.2) is 33.1 Å². The minimum atomic E-state index is -2.94. The van der Waals surface area contributed by atoms with Gasteiger partial charge in [-0.25, -0.2) is 8.42 Å². The third kappa shape index (κ3) is 3.46. The van der Waals surface area contributed by atoms with E-state index >= 15 is 0 Å². The monoisotopic (exact) mass is 269 g/mol. The smallest absolute Gasteiger partial charge is 0.147 e. The number of rotatable bonds is 4. The Bertz CT molecular complexity index is 513. The lowest BCUT2D eigenvalue weighted by Crippen LogP contribution is -2.38. The second kappa shape index (κ2) is 5.28. The third-order valence-corrected chi connectivity index (χ3v) is 4.31. The molecule has 2 N–H and O–H groups in total. The summed E-state index contributed by atoms with van der Waals surface area (Å²) >= 11 is 0. The second-order valence-corrected chi connectivity index (χ2v) is 7.23. The first kappa shape index (κ1) is 13.4. The van der Waals surface area contributed by atoms with Gasteiger partial charge in [-0.15, -0.1) is 0 Å². The number of ether oxygens (including phenoxy) is 1. The van der Waals surface area contributed by atoms with Crippen LogP contribution in [0.4, 0.5) is 0 Å². The van der Waals surface area contributed by atoms with Crippen LogP contribution < -0.4 is 10.5 Å². The molecule has 0 fully saturated rings. The number of nitrogens with two attached hydrogens (primary N) is 1. The summed E-state index contributed by atoms with van der Waals surface area (Å²) in [6.07, 6.45) is 2.60. The average Bonchev–Trinajstić information content (AvgIpc) is 2.34. The van der Waals surface area contributed by atoms with Crippen LogP contribution in [0.25, 0.3) is 0 Å². The Balaban J connectivity index is 1.96. The van der Waals surface area contributed by atoms with Gasteiger partial charge in [0.25, 0.3) is 0 Å². The molecule has 0 aromatic heterocycles. The zero-order chi connectivity index (χ0) is 13.2. The molecule has 1 heterocycles.